The van der Waals surface area contributed by atoms with Crippen LogP contribution in [0, 0.1) is 18.7 Å². The quantitative estimate of drug-likeness (QED) is 0.617. The van der Waals surface area contributed by atoms with Crippen LogP contribution in [0.4, 0.5) is 4.39 Å². The summed E-state index contributed by atoms with van der Waals surface area (Å²) in [6.45, 7) is 3.23. The third kappa shape index (κ3) is 6.47. The summed E-state index contributed by atoms with van der Waals surface area (Å²) in [6.07, 6.45) is 1.79. The first-order valence-electron chi connectivity index (χ1n) is 10.1. The van der Waals surface area contributed by atoms with Gasteiger partial charge in [-0.1, -0.05) is 23.7 Å². The molecule has 7 heteroatoms. The van der Waals surface area contributed by atoms with Crippen LogP contribution in [-0.2, 0) is 16.1 Å². The molecule has 0 unspecified atom stereocenters. The molecule has 1 saturated heterocycles. The average molecular weight is 449 g/mol. The summed E-state index contributed by atoms with van der Waals surface area (Å²) in [4.78, 5) is 27.8. The van der Waals surface area contributed by atoms with E-state index in [1.54, 1.807) is 24.8 Å². The molecular weight excluding hydrogens is 423 g/mol. The number of likely N-dealkylation sites (tertiary alicyclic amines) is 1. The Morgan fingerprint density at radius 3 is 2.53 bits per heavy atom. The highest BCUT2D eigenvalue weighted by molar-refractivity contribution is 7.99. The molecule has 0 atom stereocenters. The van der Waals surface area contributed by atoms with Crippen molar-refractivity contribution in [2.24, 2.45) is 5.92 Å². The van der Waals surface area contributed by atoms with Crippen molar-refractivity contribution >= 4 is 35.2 Å². The van der Waals surface area contributed by atoms with Gasteiger partial charge < -0.3 is 10.2 Å². The van der Waals surface area contributed by atoms with Gasteiger partial charge in [0.05, 0.1) is 0 Å². The van der Waals surface area contributed by atoms with E-state index in [0.29, 0.717) is 55.2 Å². The normalized spacial score (nSPS) is 14.6. The molecule has 0 bridgehead atoms. The van der Waals surface area contributed by atoms with Crippen LogP contribution >= 0.6 is 23.4 Å². The molecule has 2 aromatic rings. The third-order valence-corrected chi connectivity index (χ3v) is 6.59. The summed E-state index contributed by atoms with van der Waals surface area (Å²) in [5.74, 6) is 0.455. The van der Waals surface area contributed by atoms with Gasteiger partial charge in [0.2, 0.25) is 11.8 Å². The zero-order chi connectivity index (χ0) is 21.5. The number of benzene rings is 2. The number of hydrogen-bond acceptors (Lipinski definition) is 3. The molecule has 1 N–H and O–H groups in total. The van der Waals surface area contributed by atoms with E-state index in [9.17, 15) is 14.0 Å². The maximum absolute atomic E-state index is 13.6. The fourth-order valence-corrected chi connectivity index (χ4v) is 4.38. The minimum atomic E-state index is -0.261. The minimum absolute atomic E-state index is 0.0265. The van der Waals surface area contributed by atoms with Gasteiger partial charge >= 0.3 is 0 Å². The average Bonchev–Trinajstić information content (AvgIpc) is 2.75. The second-order valence-electron chi connectivity index (χ2n) is 7.51. The van der Waals surface area contributed by atoms with E-state index in [1.165, 1.54) is 6.07 Å². The molecule has 2 amide bonds. The molecule has 4 nitrogen and oxygen atoms in total. The van der Waals surface area contributed by atoms with E-state index < -0.39 is 0 Å². The molecule has 0 aromatic heterocycles. The maximum atomic E-state index is 13.6. The van der Waals surface area contributed by atoms with Gasteiger partial charge in [0, 0.05) is 47.6 Å². The molecular formula is C23H26ClFN2O2S. The Kier molecular flexibility index (Phi) is 8.16. The largest absolute Gasteiger partial charge is 0.352 e. The number of nitrogens with one attached hydrogen (secondary N) is 1. The van der Waals surface area contributed by atoms with Crippen molar-refractivity contribution in [1.29, 1.82) is 0 Å². The van der Waals surface area contributed by atoms with Crippen LogP contribution in [0.5, 0.6) is 0 Å². The molecule has 3 rings (SSSR count). The lowest BCUT2D eigenvalue weighted by Crippen LogP contribution is -2.43. The van der Waals surface area contributed by atoms with E-state index in [1.807, 2.05) is 35.2 Å². The van der Waals surface area contributed by atoms with Crippen molar-refractivity contribution in [1.82, 2.24) is 10.2 Å². The van der Waals surface area contributed by atoms with Gasteiger partial charge in [-0.05, 0) is 61.2 Å². The van der Waals surface area contributed by atoms with Crippen molar-refractivity contribution in [3.8, 4) is 0 Å². The van der Waals surface area contributed by atoms with Gasteiger partial charge in [-0.15, -0.1) is 11.8 Å². The Balaban J connectivity index is 1.36. The number of carbonyl (C=O) groups is 2. The molecule has 2 aromatic carbocycles. The molecule has 0 radical (unpaired) electrons. The Morgan fingerprint density at radius 1 is 1.17 bits per heavy atom. The molecule has 1 heterocycles. The smallest absolute Gasteiger partial charge is 0.223 e. The molecule has 1 fully saturated rings. The summed E-state index contributed by atoms with van der Waals surface area (Å²) in [7, 11) is 0. The Bertz CT molecular complexity index is 883. The number of thioether (sulfide) groups is 1. The first-order valence-corrected chi connectivity index (χ1v) is 11.5. The van der Waals surface area contributed by atoms with Crippen molar-refractivity contribution in [2.45, 2.75) is 37.6 Å². The van der Waals surface area contributed by atoms with Gasteiger partial charge in [0.15, 0.2) is 0 Å². The van der Waals surface area contributed by atoms with Crippen molar-refractivity contribution in [2.75, 3.05) is 18.8 Å². The van der Waals surface area contributed by atoms with Gasteiger partial charge in [0.1, 0.15) is 5.82 Å². The van der Waals surface area contributed by atoms with E-state index >= 15 is 0 Å². The number of aryl methyl sites for hydroxylation is 1. The molecule has 0 spiro atoms. The Morgan fingerprint density at radius 2 is 1.87 bits per heavy atom. The van der Waals surface area contributed by atoms with E-state index in [0.717, 1.165) is 10.5 Å². The van der Waals surface area contributed by atoms with Crippen molar-refractivity contribution in [3.63, 3.8) is 0 Å². The van der Waals surface area contributed by atoms with Gasteiger partial charge in [-0.25, -0.2) is 4.39 Å². The monoisotopic (exact) mass is 448 g/mol. The first kappa shape index (κ1) is 22.6. The van der Waals surface area contributed by atoms with Crippen LogP contribution in [0.25, 0.3) is 0 Å². The van der Waals surface area contributed by atoms with Gasteiger partial charge in [-0.3, -0.25) is 9.59 Å². The fraction of sp³-hybridized carbons (Fsp3) is 0.391. The van der Waals surface area contributed by atoms with Crippen LogP contribution < -0.4 is 5.32 Å². The number of hydrogen-bond donors (Lipinski definition) is 1. The molecule has 0 aliphatic carbocycles. The molecule has 160 valence electrons. The predicted molar refractivity (Wildman–Crippen MR) is 119 cm³/mol. The van der Waals surface area contributed by atoms with Crippen molar-refractivity contribution in [3.05, 3.63) is 64.4 Å². The fourth-order valence-electron chi connectivity index (χ4n) is 3.42. The van der Waals surface area contributed by atoms with E-state index in [4.69, 9.17) is 11.6 Å². The summed E-state index contributed by atoms with van der Waals surface area (Å²) in [5.41, 5.74) is 1.34. The number of piperidine rings is 1. The first-order chi connectivity index (χ1) is 14.4. The van der Waals surface area contributed by atoms with Gasteiger partial charge in [-0.2, -0.15) is 0 Å². The van der Waals surface area contributed by atoms with Crippen LogP contribution in [0.2, 0.25) is 5.02 Å². The summed E-state index contributed by atoms with van der Waals surface area (Å²) < 4.78 is 13.6. The van der Waals surface area contributed by atoms with Crippen LogP contribution in [0.3, 0.4) is 0 Å². The van der Waals surface area contributed by atoms with Gasteiger partial charge in [0.25, 0.3) is 0 Å². The number of halogens is 2. The SMILES string of the molecule is Cc1ccc(CNC(=O)C2CCN(C(=O)CCSc3ccc(Cl)cc3)CC2)cc1F. The predicted octanol–water partition coefficient (Wildman–Crippen LogP) is 4.82. The lowest BCUT2D eigenvalue weighted by atomic mass is 9.95. The molecule has 0 saturated carbocycles. The standard InChI is InChI=1S/C23H26ClFN2O2S/c1-16-2-3-17(14-21(16)25)15-26-23(29)18-8-11-27(12-9-18)22(28)10-13-30-20-6-4-19(24)5-7-20/h2-7,14,18H,8-13,15H2,1H3,(H,26,29). The number of carbonyl (C=O) groups excluding carboxylic acids is 2. The maximum Gasteiger partial charge on any atom is 0.223 e. The van der Waals surface area contributed by atoms with Crippen LogP contribution in [0.1, 0.15) is 30.4 Å². The molecule has 1 aliphatic heterocycles. The van der Waals surface area contributed by atoms with E-state index in [-0.39, 0.29) is 23.5 Å². The summed E-state index contributed by atoms with van der Waals surface area (Å²) in [6, 6.07) is 12.6. The summed E-state index contributed by atoms with van der Waals surface area (Å²) >= 11 is 7.52. The zero-order valence-electron chi connectivity index (χ0n) is 17.0. The Labute approximate surface area is 186 Å². The topological polar surface area (TPSA) is 49.4 Å². The second-order valence-corrected chi connectivity index (χ2v) is 9.11. The number of nitrogens with zero attached hydrogens (tertiary/aromatic N) is 1. The third-order valence-electron chi connectivity index (χ3n) is 5.32. The number of amides is 2. The highest BCUT2D eigenvalue weighted by Gasteiger charge is 2.27. The Hall–Kier alpha value is -2.05. The number of rotatable bonds is 7. The zero-order valence-corrected chi connectivity index (χ0v) is 18.6. The molecule has 1 aliphatic rings. The van der Waals surface area contributed by atoms with Crippen LogP contribution in [-0.4, -0.2) is 35.6 Å². The highest BCUT2D eigenvalue weighted by Crippen LogP contribution is 2.23. The second kappa shape index (κ2) is 10.8. The van der Waals surface area contributed by atoms with Crippen LogP contribution in [0.15, 0.2) is 47.4 Å². The molecule has 30 heavy (non-hydrogen) atoms. The lowest BCUT2D eigenvalue weighted by molar-refractivity contribution is -0.135. The minimum Gasteiger partial charge on any atom is -0.352 e. The van der Waals surface area contributed by atoms with E-state index in [2.05, 4.69) is 5.32 Å². The lowest BCUT2D eigenvalue weighted by Gasteiger charge is -2.31. The van der Waals surface area contributed by atoms with Crippen molar-refractivity contribution < 1.29 is 14.0 Å². The summed E-state index contributed by atoms with van der Waals surface area (Å²) in [5, 5.41) is 3.60. The highest BCUT2D eigenvalue weighted by atomic mass is 35.5.